The van der Waals surface area contributed by atoms with Gasteiger partial charge in [-0.15, -0.1) is 11.3 Å². The summed E-state index contributed by atoms with van der Waals surface area (Å²) in [6, 6.07) is 7.69. The van der Waals surface area contributed by atoms with Crippen molar-refractivity contribution in [1.82, 2.24) is 4.98 Å². The number of nitrogens with one attached hydrogen (secondary N) is 1. The molecule has 14 heavy (non-hydrogen) atoms. The second-order valence-electron chi connectivity index (χ2n) is 2.68. The summed E-state index contributed by atoms with van der Waals surface area (Å²) in [5.74, 6) is 1.67. The fourth-order valence-electron chi connectivity index (χ4n) is 1.06. The normalized spacial score (nSPS) is 9.79. The molecule has 2 rings (SSSR count). The second kappa shape index (κ2) is 4.11. The van der Waals surface area contributed by atoms with Crippen LogP contribution in [0.15, 0.2) is 29.6 Å². The Morgan fingerprint density at radius 3 is 2.71 bits per heavy atom. The minimum Gasteiger partial charge on any atom is -0.497 e. The maximum absolute atomic E-state index is 5.06. The lowest BCUT2D eigenvalue weighted by Gasteiger charge is -2.03. The predicted octanol–water partition coefficient (Wildman–Crippen LogP) is 2.70. The van der Waals surface area contributed by atoms with E-state index in [2.05, 4.69) is 15.8 Å². The average molecular weight is 205 g/mol. The molecule has 0 aliphatic carbocycles. The minimum atomic E-state index is 0.820. The van der Waals surface area contributed by atoms with Gasteiger partial charge in [0.2, 0.25) is 0 Å². The Morgan fingerprint density at radius 2 is 2.14 bits per heavy atom. The van der Waals surface area contributed by atoms with E-state index in [0.717, 1.165) is 17.3 Å². The molecule has 0 aliphatic rings. The molecule has 0 amide bonds. The Balaban J connectivity index is 2.10. The number of benzene rings is 1. The van der Waals surface area contributed by atoms with Crippen molar-refractivity contribution in [2.45, 2.75) is 0 Å². The zero-order chi connectivity index (χ0) is 9.80. The smallest absolute Gasteiger partial charge is 0.154 e. The zero-order valence-electron chi connectivity index (χ0n) is 7.65. The van der Waals surface area contributed by atoms with Crippen LogP contribution in [0.2, 0.25) is 0 Å². The van der Waals surface area contributed by atoms with Gasteiger partial charge in [0.05, 0.1) is 7.11 Å². The van der Waals surface area contributed by atoms with E-state index >= 15 is 0 Å². The summed E-state index contributed by atoms with van der Waals surface area (Å²) in [4.78, 5) is 4.01. The average Bonchev–Trinajstić information content (AvgIpc) is 2.72. The van der Waals surface area contributed by atoms with Crippen LogP contribution in [0.1, 0.15) is 0 Å². The van der Waals surface area contributed by atoms with Crippen molar-refractivity contribution in [2.24, 2.45) is 0 Å². The van der Waals surface area contributed by atoms with Gasteiger partial charge >= 0.3 is 0 Å². The maximum atomic E-state index is 5.06. The van der Waals surface area contributed by atoms with Crippen molar-refractivity contribution < 1.29 is 4.74 Å². The van der Waals surface area contributed by atoms with Gasteiger partial charge in [0.1, 0.15) is 11.6 Å². The van der Waals surface area contributed by atoms with E-state index in [1.54, 1.807) is 7.11 Å². The lowest BCUT2D eigenvalue weighted by Crippen LogP contribution is -1.90. The summed E-state index contributed by atoms with van der Waals surface area (Å²) in [6.45, 7) is 0. The Kier molecular flexibility index (Phi) is 2.65. The third-order valence-corrected chi connectivity index (χ3v) is 2.29. The Labute approximate surface area is 86.4 Å². The largest absolute Gasteiger partial charge is 0.497 e. The summed E-state index contributed by atoms with van der Waals surface area (Å²) in [6.07, 6.45) is 0. The summed E-state index contributed by atoms with van der Waals surface area (Å²) in [7, 11) is 1.65. The molecular weight excluding hydrogens is 196 g/mol. The maximum Gasteiger partial charge on any atom is 0.154 e. The molecule has 0 bridgehead atoms. The van der Waals surface area contributed by atoms with Gasteiger partial charge < -0.3 is 10.1 Å². The van der Waals surface area contributed by atoms with Crippen LogP contribution in [0.5, 0.6) is 5.75 Å². The number of anilines is 2. The van der Waals surface area contributed by atoms with Crippen LogP contribution in [0, 0.1) is 5.51 Å². The van der Waals surface area contributed by atoms with Gasteiger partial charge in [0.15, 0.2) is 5.51 Å². The molecule has 0 aliphatic heterocycles. The Bertz CT molecular complexity index is 383. The number of rotatable bonds is 3. The van der Waals surface area contributed by atoms with E-state index in [9.17, 15) is 0 Å². The standard InChI is InChI=1S/C10H9N2OS/c1-13-9-4-2-8(3-5-9)12-10-6-14-7-11-10/h2-6,12H,1H3. The first-order valence-electron chi connectivity index (χ1n) is 4.11. The molecule has 0 saturated heterocycles. The molecule has 0 spiro atoms. The molecule has 1 heterocycles. The number of ether oxygens (including phenoxy) is 1. The number of hydrogen-bond acceptors (Lipinski definition) is 4. The molecule has 71 valence electrons. The van der Waals surface area contributed by atoms with Gasteiger partial charge in [-0.2, -0.15) is 0 Å². The fourth-order valence-corrected chi connectivity index (χ4v) is 1.49. The van der Waals surface area contributed by atoms with Crippen LogP contribution >= 0.6 is 11.3 Å². The van der Waals surface area contributed by atoms with Gasteiger partial charge in [-0.05, 0) is 24.3 Å². The van der Waals surface area contributed by atoms with E-state index in [1.807, 2.05) is 29.6 Å². The lowest BCUT2D eigenvalue weighted by atomic mass is 10.3. The fraction of sp³-hybridized carbons (Fsp3) is 0.100. The summed E-state index contributed by atoms with van der Waals surface area (Å²) < 4.78 is 5.06. The molecular formula is C10H9N2OS. The number of hydrogen-bond donors (Lipinski definition) is 1. The molecule has 1 aromatic heterocycles. The molecule has 0 fully saturated rings. The summed E-state index contributed by atoms with van der Waals surface area (Å²) >= 11 is 1.44. The van der Waals surface area contributed by atoms with E-state index in [1.165, 1.54) is 11.3 Å². The van der Waals surface area contributed by atoms with Crippen LogP contribution in [-0.4, -0.2) is 12.1 Å². The number of thiazole rings is 1. The highest BCUT2D eigenvalue weighted by Gasteiger charge is 1.96. The summed E-state index contributed by atoms with van der Waals surface area (Å²) in [5, 5.41) is 5.05. The summed E-state index contributed by atoms with van der Waals surface area (Å²) in [5.41, 5.74) is 3.77. The minimum absolute atomic E-state index is 0.820. The van der Waals surface area contributed by atoms with Crippen molar-refractivity contribution in [3.05, 3.63) is 35.2 Å². The topological polar surface area (TPSA) is 34.1 Å². The number of aromatic nitrogens is 1. The highest BCUT2D eigenvalue weighted by atomic mass is 32.1. The van der Waals surface area contributed by atoms with Gasteiger partial charge in [-0.25, -0.2) is 4.98 Å². The Morgan fingerprint density at radius 1 is 1.36 bits per heavy atom. The van der Waals surface area contributed by atoms with E-state index < -0.39 is 0 Å². The van der Waals surface area contributed by atoms with Crippen molar-refractivity contribution in [3.63, 3.8) is 0 Å². The number of methoxy groups -OCH3 is 1. The molecule has 1 N–H and O–H groups in total. The van der Waals surface area contributed by atoms with Crippen LogP contribution < -0.4 is 10.1 Å². The van der Waals surface area contributed by atoms with Crippen LogP contribution in [0.25, 0.3) is 0 Å². The monoisotopic (exact) mass is 205 g/mol. The molecule has 4 heteroatoms. The van der Waals surface area contributed by atoms with Crippen molar-refractivity contribution in [1.29, 1.82) is 0 Å². The SMILES string of the molecule is COc1ccc(Nc2cs[c]n2)cc1. The van der Waals surface area contributed by atoms with Crippen molar-refractivity contribution in [3.8, 4) is 5.75 Å². The molecule has 3 nitrogen and oxygen atoms in total. The molecule has 1 aromatic carbocycles. The van der Waals surface area contributed by atoms with Crippen molar-refractivity contribution in [2.75, 3.05) is 12.4 Å². The highest BCUT2D eigenvalue weighted by molar-refractivity contribution is 7.07. The van der Waals surface area contributed by atoms with Gasteiger partial charge in [0.25, 0.3) is 0 Å². The zero-order valence-corrected chi connectivity index (χ0v) is 8.47. The molecule has 1 radical (unpaired) electrons. The molecule has 0 atom stereocenters. The third-order valence-electron chi connectivity index (χ3n) is 1.75. The second-order valence-corrected chi connectivity index (χ2v) is 3.33. The lowest BCUT2D eigenvalue weighted by molar-refractivity contribution is 0.415. The van der Waals surface area contributed by atoms with E-state index in [-0.39, 0.29) is 0 Å². The first-order chi connectivity index (χ1) is 6.88. The molecule has 2 aromatic rings. The Hall–Kier alpha value is -1.55. The number of nitrogens with zero attached hydrogens (tertiary/aromatic N) is 1. The van der Waals surface area contributed by atoms with E-state index in [0.29, 0.717) is 0 Å². The van der Waals surface area contributed by atoms with E-state index in [4.69, 9.17) is 4.74 Å². The van der Waals surface area contributed by atoms with Crippen molar-refractivity contribution >= 4 is 22.8 Å². The predicted molar refractivity (Wildman–Crippen MR) is 57.2 cm³/mol. The van der Waals surface area contributed by atoms with Gasteiger partial charge in [0, 0.05) is 11.1 Å². The quantitative estimate of drug-likeness (QED) is 0.836. The first kappa shape index (κ1) is 9.02. The van der Waals surface area contributed by atoms with Gasteiger partial charge in [-0.1, -0.05) is 0 Å². The molecule has 0 unspecified atom stereocenters. The first-order valence-corrected chi connectivity index (χ1v) is 4.99. The molecule has 0 saturated carbocycles. The van der Waals surface area contributed by atoms with Crippen LogP contribution in [-0.2, 0) is 0 Å². The van der Waals surface area contributed by atoms with Crippen LogP contribution in [0.3, 0.4) is 0 Å². The van der Waals surface area contributed by atoms with Gasteiger partial charge in [-0.3, -0.25) is 0 Å². The highest BCUT2D eigenvalue weighted by Crippen LogP contribution is 2.19. The van der Waals surface area contributed by atoms with Crippen LogP contribution in [0.4, 0.5) is 11.5 Å². The third kappa shape index (κ3) is 2.03.